The van der Waals surface area contributed by atoms with Crippen molar-refractivity contribution in [2.45, 2.75) is 19.4 Å². The molecule has 0 aromatic heterocycles. The van der Waals surface area contributed by atoms with Crippen LogP contribution >= 0.6 is 11.8 Å². The summed E-state index contributed by atoms with van der Waals surface area (Å²) in [6.45, 7) is 1.70. The average Bonchev–Trinajstić information content (AvgIpc) is 3.17. The Kier molecular flexibility index (Phi) is 6.59. The predicted molar refractivity (Wildman–Crippen MR) is 113 cm³/mol. The zero-order valence-electron chi connectivity index (χ0n) is 16.0. The molecule has 29 heavy (non-hydrogen) atoms. The van der Waals surface area contributed by atoms with Gasteiger partial charge in [0.25, 0.3) is 11.1 Å². The Labute approximate surface area is 174 Å². The van der Waals surface area contributed by atoms with Crippen LogP contribution in [0.1, 0.15) is 18.9 Å². The smallest absolute Gasteiger partial charge is 0.294 e. The van der Waals surface area contributed by atoms with E-state index in [0.29, 0.717) is 13.0 Å². The van der Waals surface area contributed by atoms with Crippen LogP contribution in [0.3, 0.4) is 0 Å². The van der Waals surface area contributed by atoms with E-state index in [-0.39, 0.29) is 23.0 Å². The van der Waals surface area contributed by atoms with Crippen LogP contribution in [0.25, 0.3) is 6.08 Å². The van der Waals surface area contributed by atoms with Crippen LogP contribution in [0, 0.1) is 0 Å². The highest BCUT2D eigenvalue weighted by molar-refractivity contribution is 8.18. The van der Waals surface area contributed by atoms with E-state index < -0.39 is 32.9 Å². The van der Waals surface area contributed by atoms with Crippen molar-refractivity contribution in [3.05, 3.63) is 53.0 Å². The number of nitrogens with zero attached hydrogens (tertiary/aromatic N) is 2. The second-order valence-corrected chi connectivity index (χ2v) is 10.0. The van der Waals surface area contributed by atoms with E-state index in [4.69, 9.17) is 0 Å². The molecule has 3 amide bonds. The van der Waals surface area contributed by atoms with Crippen molar-refractivity contribution in [1.29, 1.82) is 0 Å². The monoisotopic (exact) mass is 434 g/mol. The minimum Gasteiger partial charge on any atom is -0.337 e. The number of carbonyl (C=O) groups is 3. The molecule has 154 valence electrons. The Morgan fingerprint density at radius 1 is 1.28 bits per heavy atom. The van der Waals surface area contributed by atoms with Crippen molar-refractivity contribution in [3.8, 4) is 0 Å². The highest BCUT2D eigenvalue weighted by Crippen LogP contribution is 2.31. The number of sulfone groups is 1. The fraction of sp³-hybridized carbons (Fsp3) is 0.350. The second-order valence-electron chi connectivity index (χ2n) is 6.80. The molecule has 1 aromatic rings. The van der Waals surface area contributed by atoms with Gasteiger partial charge in [0.1, 0.15) is 6.54 Å². The first-order valence-electron chi connectivity index (χ1n) is 9.27. The lowest BCUT2D eigenvalue weighted by Crippen LogP contribution is -2.47. The summed E-state index contributed by atoms with van der Waals surface area (Å²) >= 11 is 0.791. The van der Waals surface area contributed by atoms with Crippen LogP contribution < -0.4 is 0 Å². The number of likely N-dealkylation sites (N-methyl/N-ethyl adjacent to an activating group) is 1. The van der Waals surface area contributed by atoms with E-state index in [0.717, 1.165) is 22.2 Å². The molecule has 9 heteroatoms. The van der Waals surface area contributed by atoms with Crippen LogP contribution in [0.15, 0.2) is 47.4 Å². The Balaban J connectivity index is 1.65. The number of amides is 3. The first kappa shape index (κ1) is 21.3. The molecule has 2 heterocycles. The maximum absolute atomic E-state index is 12.7. The zero-order valence-corrected chi connectivity index (χ0v) is 17.6. The molecule has 1 atom stereocenters. The lowest BCUT2D eigenvalue weighted by Gasteiger charge is -2.28. The molecule has 3 rings (SSSR count). The number of benzene rings is 1. The first-order valence-corrected chi connectivity index (χ1v) is 11.9. The van der Waals surface area contributed by atoms with E-state index in [1.165, 1.54) is 4.90 Å². The largest absolute Gasteiger partial charge is 0.337 e. The third kappa shape index (κ3) is 5.16. The van der Waals surface area contributed by atoms with Gasteiger partial charge in [-0.2, -0.15) is 0 Å². The third-order valence-corrected chi connectivity index (χ3v) is 7.49. The molecule has 0 saturated carbocycles. The third-order valence-electron chi connectivity index (χ3n) is 4.81. The van der Waals surface area contributed by atoms with Crippen molar-refractivity contribution < 1.29 is 22.8 Å². The number of imide groups is 1. The fourth-order valence-corrected chi connectivity index (χ4v) is 5.87. The van der Waals surface area contributed by atoms with E-state index in [1.54, 1.807) is 19.1 Å². The van der Waals surface area contributed by atoms with Crippen molar-refractivity contribution in [3.63, 3.8) is 0 Å². The van der Waals surface area contributed by atoms with Crippen molar-refractivity contribution in [1.82, 2.24) is 9.80 Å². The normalized spacial score (nSPS) is 22.7. The predicted octanol–water partition coefficient (Wildman–Crippen LogP) is 2.31. The fourth-order valence-electron chi connectivity index (χ4n) is 3.35. The van der Waals surface area contributed by atoms with E-state index in [9.17, 15) is 22.8 Å². The SMILES string of the molecule is CCN(C(=O)CN1C(=O)S/C(=C\C=C\c2ccccc2)C1=O)[C@@H]1CCS(=O)(=O)C1. The van der Waals surface area contributed by atoms with E-state index in [1.807, 2.05) is 36.4 Å². The maximum Gasteiger partial charge on any atom is 0.294 e. The van der Waals surface area contributed by atoms with Gasteiger partial charge in [-0.25, -0.2) is 8.42 Å². The number of carbonyl (C=O) groups excluding carboxylic acids is 3. The van der Waals surface area contributed by atoms with Crippen molar-refractivity contribution in [2.24, 2.45) is 0 Å². The van der Waals surface area contributed by atoms with Crippen LogP contribution in [-0.2, 0) is 19.4 Å². The van der Waals surface area contributed by atoms with Crippen molar-refractivity contribution >= 4 is 44.7 Å². The summed E-state index contributed by atoms with van der Waals surface area (Å²) < 4.78 is 23.4. The number of thioether (sulfide) groups is 1. The molecule has 2 saturated heterocycles. The standard InChI is InChI=1S/C20H22N2O5S2/c1-2-21(16-11-12-29(26,27)14-16)18(23)13-22-19(24)17(28-20(22)25)10-6-9-15-7-4-3-5-8-15/h3-10,16H,2,11-14H2,1H3/b9-6+,17-10-/t16-/m1/s1. The molecule has 0 N–H and O–H groups in total. The quantitative estimate of drug-likeness (QED) is 0.638. The Morgan fingerprint density at radius 3 is 2.62 bits per heavy atom. The van der Waals surface area contributed by atoms with Gasteiger partial charge in [0, 0.05) is 12.6 Å². The van der Waals surface area contributed by atoms with E-state index >= 15 is 0 Å². The zero-order chi connectivity index (χ0) is 21.0. The number of allylic oxidation sites excluding steroid dienone is 2. The molecule has 7 nitrogen and oxygen atoms in total. The molecule has 2 fully saturated rings. The molecule has 0 unspecified atom stereocenters. The average molecular weight is 435 g/mol. The van der Waals surface area contributed by atoms with Crippen molar-refractivity contribution in [2.75, 3.05) is 24.6 Å². The molecule has 1 aromatic carbocycles. The summed E-state index contributed by atoms with van der Waals surface area (Å²) in [6.07, 6.45) is 5.45. The van der Waals surface area contributed by atoms with Gasteiger partial charge in [-0.3, -0.25) is 19.3 Å². The van der Waals surface area contributed by atoms with Gasteiger partial charge in [-0.15, -0.1) is 0 Å². The van der Waals surface area contributed by atoms with Crippen LogP contribution in [0.5, 0.6) is 0 Å². The highest BCUT2D eigenvalue weighted by atomic mass is 32.2. The minimum absolute atomic E-state index is 0.0551. The highest BCUT2D eigenvalue weighted by Gasteiger charge is 2.39. The summed E-state index contributed by atoms with van der Waals surface area (Å²) in [7, 11) is -3.14. The molecule has 0 radical (unpaired) electrons. The summed E-state index contributed by atoms with van der Waals surface area (Å²) in [5, 5.41) is -0.502. The molecule has 2 aliphatic heterocycles. The van der Waals surface area contributed by atoms with Crippen LogP contribution in [-0.4, -0.2) is 65.9 Å². The van der Waals surface area contributed by atoms with Gasteiger partial charge in [0.15, 0.2) is 9.84 Å². The number of hydrogen-bond acceptors (Lipinski definition) is 6. The maximum atomic E-state index is 12.7. The lowest BCUT2D eigenvalue weighted by molar-refractivity contribution is -0.137. The molecule has 0 bridgehead atoms. The lowest BCUT2D eigenvalue weighted by atomic mass is 10.2. The summed E-state index contributed by atoms with van der Waals surface area (Å²) in [6, 6.07) is 9.12. The van der Waals surface area contributed by atoms with Gasteiger partial charge in [0.05, 0.1) is 16.4 Å². The Bertz CT molecular complexity index is 970. The Hall–Kier alpha value is -2.39. The van der Waals surface area contributed by atoms with E-state index in [2.05, 4.69) is 0 Å². The summed E-state index contributed by atoms with van der Waals surface area (Å²) in [4.78, 5) is 40.1. The van der Waals surface area contributed by atoms with Gasteiger partial charge in [-0.1, -0.05) is 42.5 Å². The van der Waals surface area contributed by atoms with Gasteiger partial charge in [0.2, 0.25) is 5.91 Å². The number of hydrogen-bond donors (Lipinski definition) is 0. The van der Waals surface area contributed by atoms with Gasteiger partial charge < -0.3 is 4.90 Å². The van der Waals surface area contributed by atoms with Crippen LogP contribution in [0.2, 0.25) is 0 Å². The second kappa shape index (κ2) is 8.96. The van der Waals surface area contributed by atoms with Gasteiger partial charge in [-0.05, 0) is 36.7 Å². The molecular weight excluding hydrogens is 412 g/mol. The first-order chi connectivity index (χ1) is 13.8. The number of rotatable bonds is 6. The Morgan fingerprint density at radius 2 is 2.00 bits per heavy atom. The summed E-state index contributed by atoms with van der Waals surface area (Å²) in [5.41, 5.74) is 0.961. The topological polar surface area (TPSA) is 91.8 Å². The molecule has 2 aliphatic rings. The van der Waals surface area contributed by atoms with Gasteiger partial charge >= 0.3 is 0 Å². The summed E-state index contributed by atoms with van der Waals surface area (Å²) in [5.74, 6) is -0.947. The molecule has 0 spiro atoms. The van der Waals surface area contributed by atoms with Crippen LogP contribution in [0.4, 0.5) is 4.79 Å². The minimum atomic E-state index is -3.14. The molecule has 0 aliphatic carbocycles. The molecular formula is C20H22N2O5S2.